The lowest BCUT2D eigenvalue weighted by atomic mass is 10.2. The van der Waals surface area contributed by atoms with Crippen molar-refractivity contribution in [3.63, 3.8) is 0 Å². The van der Waals surface area contributed by atoms with Crippen LogP contribution in [-0.4, -0.2) is 10.5 Å². The number of benzene rings is 3. The van der Waals surface area contributed by atoms with Crippen molar-refractivity contribution in [2.24, 2.45) is 0 Å². The Morgan fingerprint density at radius 1 is 1.07 bits per heavy atom. The van der Waals surface area contributed by atoms with Gasteiger partial charge < -0.3 is 9.87 Å². The van der Waals surface area contributed by atoms with E-state index in [0.717, 1.165) is 15.9 Å². The Morgan fingerprint density at radius 3 is 2.70 bits per heavy atom. The number of nitrogens with one attached hydrogen (secondary N) is 2. The van der Waals surface area contributed by atoms with Crippen LogP contribution in [0, 0.1) is 5.82 Å². The molecule has 136 valence electrons. The summed E-state index contributed by atoms with van der Waals surface area (Å²) in [6.07, 6.45) is 0. The van der Waals surface area contributed by atoms with Crippen LogP contribution in [0.2, 0.25) is 5.02 Å². The van der Waals surface area contributed by atoms with Gasteiger partial charge in [-0.25, -0.2) is 9.11 Å². The van der Waals surface area contributed by atoms with Gasteiger partial charge >= 0.3 is 0 Å². The standard InChI is InChI=1S/C19H12ClFN2O2S2/c20-11-5-7-15(14(21)9-11)23-27(25)12-6-8-18-16(10-12)22-19(24)13-3-1-2-4-17(13)26-18/h1-10,23H,(H,22,24). The van der Waals surface area contributed by atoms with Gasteiger partial charge in [0.15, 0.2) is 10.7 Å². The summed E-state index contributed by atoms with van der Waals surface area (Å²) < 4.78 is 29.1. The summed E-state index contributed by atoms with van der Waals surface area (Å²) in [4.78, 5) is 14.5. The average molecular weight is 419 g/mol. The van der Waals surface area contributed by atoms with E-state index < -0.39 is 17.2 Å². The number of anilines is 2. The molecule has 0 aromatic heterocycles. The molecule has 0 fully saturated rings. The summed E-state index contributed by atoms with van der Waals surface area (Å²) in [5.41, 5.74) is 1.23. The maximum absolute atomic E-state index is 13.9. The van der Waals surface area contributed by atoms with Crippen molar-refractivity contribution < 1.29 is 13.7 Å². The van der Waals surface area contributed by atoms with Crippen LogP contribution in [0.25, 0.3) is 0 Å². The summed E-state index contributed by atoms with van der Waals surface area (Å²) in [7, 11) is 0. The third kappa shape index (κ3) is 3.77. The normalized spacial score (nSPS) is 13.8. The van der Waals surface area contributed by atoms with Crippen LogP contribution >= 0.6 is 23.4 Å². The van der Waals surface area contributed by atoms with Gasteiger partial charge in [0.1, 0.15) is 17.0 Å². The van der Waals surface area contributed by atoms with E-state index in [0.29, 0.717) is 16.1 Å². The van der Waals surface area contributed by atoms with Crippen molar-refractivity contribution in [3.05, 3.63) is 77.1 Å². The third-order valence-electron chi connectivity index (χ3n) is 3.90. The number of amides is 1. The number of halogens is 2. The predicted octanol–water partition coefficient (Wildman–Crippen LogP) is 5.33. The highest BCUT2D eigenvalue weighted by Gasteiger charge is 2.22. The average Bonchev–Trinajstić information content (AvgIpc) is 2.79. The van der Waals surface area contributed by atoms with Crippen molar-refractivity contribution in [2.75, 3.05) is 10.0 Å². The van der Waals surface area contributed by atoms with Crippen LogP contribution in [-0.2, 0) is 11.4 Å². The summed E-state index contributed by atoms with van der Waals surface area (Å²) >= 11 is 5.48. The Balaban J connectivity index is 1.61. The van der Waals surface area contributed by atoms with Gasteiger partial charge in [-0.2, -0.15) is 0 Å². The number of hydrogen-bond donors (Lipinski definition) is 2. The summed E-state index contributed by atoms with van der Waals surface area (Å²) in [6, 6.07) is 16.5. The lowest BCUT2D eigenvalue weighted by Crippen LogP contribution is -2.15. The smallest absolute Gasteiger partial charge is 0.256 e. The zero-order valence-electron chi connectivity index (χ0n) is 13.7. The van der Waals surface area contributed by atoms with Crippen molar-refractivity contribution in [3.8, 4) is 0 Å². The topological polar surface area (TPSA) is 64.2 Å². The number of fused-ring (bicyclic) bond motifs is 2. The van der Waals surface area contributed by atoms with Gasteiger partial charge in [-0.15, -0.1) is 0 Å². The number of rotatable bonds is 3. The quantitative estimate of drug-likeness (QED) is 0.564. The molecular weight excluding hydrogens is 407 g/mol. The molecule has 1 amide bonds. The molecule has 1 unspecified atom stereocenters. The Hall–Kier alpha value is -2.19. The second-order valence-corrected chi connectivity index (χ2v) is 8.44. The van der Waals surface area contributed by atoms with Crippen molar-refractivity contribution in [1.82, 2.24) is 0 Å². The molecule has 0 spiro atoms. The molecule has 0 radical (unpaired) electrons. The zero-order valence-corrected chi connectivity index (χ0v) is 16.1. The fourth-order valence-electron chi connectivity index (χ4n) is 2.59. The fourth-order valence-corrected chi connectivity index (χ4v) is 4.66. The first-order chi connectivity index (χ1) is 13.0. The molecular formula is C19H12ClFN2O2S2. The van der Waals surface area contributed by atoms with Crippen LogP contribution in [0.1, 0.15) is 10.4 Å². The molecule has 4 nitrogen and oxygen atoms in total. The van der Waals surface area contributed by atoms with Gasteiger partial charge in [0.25, 0.3) is 5.91 Å². The lowest BCUT2D eigenvalue weighted by Gasteiger charge is -2.14. The Kier molecular flexibility index (Phi) is 5.01. The molecule has 0 bridgehead atoms. The Morgan fingerprint density at radius 2 is 1.89 bits per heavy atom. The first kappa shape index (κ1) is 18.2. The summed E-state index contributed by atoms with van der Waals surface area (Å²) in [5.74, 6) is -0.818. The largest absolute Gasteiger partial charge is 0.588 e. The van der Waals surface area contributed by atoms with E-state index in [1.807, 2.05) is 12.1 Å². The predicted molar refractivity (Wildman–Crippen MR) is 106 cm³/mol. The van der Waals surface area contributed by atoms with Gasteiger partial charge in [0.05, 0.1) is 11.3 Å². The molecule has 0 aliphatic carbocycles. The number of carbonyl (C=O) groups excluding carboxylic acids is 1. The van der Waals surface area contributed by atoms with E-state index in [4.69, 9.17) is 11.6 Å². The van der Waals surface area contributed by atoms with Crippen LogP contribution < -0.4 is 10.0 Å². The monoisotopic (exact) mass is 418 g/mol. The van der Waals surface area contributed by atoms with E-state index in [-0.39, 0.29) is 16.6 Å². The second kappa shape index (κ2) is 7.44. The maximum Gasteiger partial charge on any atom is 0.256 e. The SMILES string of the molecule is O=C1Nc2cc([S+]([O-])Nc3ccc(Cl)cc3F)ccc2Sc2ccccc21. The maximum atomic E-state index is 13.9. The molecule has 0 saturated heterocycles. The molecule has 1 atom stereocenters. The van der Waals surface area contributed by atoms with Crippen molar-refractivity contribution in [2.45, 2.75) is 14.7 Å². The summed E-state index contributed by atoms with van der Waals surface area (Å²) in [6.45, 7) is 0. The Labute approximate surface area is 167 Å². The third-order valence-corrected chi connectivity index (χ3v) is 6.37. The molecule has 0 saturated carbocycles. The molecule has 3 aromatic rings. The molecule has 3 aromatic carbocycles. The first-order valence-electron chi connectivity index (χ1n) is 7.87. The Bertz CT molecular complexity index is 1050. The molecule has 8 heteroatoms. The molecule has 1 aliphatic heterocycles. The van der Waals surface area contributed by atoms with Gasteiger partial charge in [-0.05, 0) is 42.5 Å². The molecule has 1 heterocycles. The van der Waals surface area contributed by atoms with Crippen LogP contribution in [0.15, 0.2) is 75.4 Å². The molecule has 2 N–H and O–H groups in total. The summed E-state index contributed by atoms with van der Waals surface area (Å²) in [5, 5.41) is 3.10. The van der Waals surface area contributed by atoms with E-state index in [1.165, 1.54) is 23.9 Å². The molecule has 27 heavy (non-hydrogen) atoms. The van der Waals surface area contributed by atoms with Gasteiger partial charge in [-0.3, -0.25) is 4.79 Å². The fraction of sp³-hybridized carbons (Fsp3) is 0. The first-order valence-corrected chi connectivity index (χ1v) is 10.2. The number of hydrogen-bond acceptors (Lipinski definition) is 4. The van der Waals surface area contributed by atoms with Crippen molar-refractivity contribution in [1.29, 1.82) is 0 Å². The van der Waals surface area contributed by atoms with E-state index >= 15 is 0 Å². The van der Waals surface area contributed by atoms with Crippen LogP contribution in [0.3, 0.4) is 0 Å². The second-order valence-electron chi connectivity index (χ2n) is 5.71. The van der Waals surface area contributed by atoms with Gasteiger partial charge in [0, 0.05) is 20.9 Å². The highest BCUT2D eigenvalue weighted by molar-refractivity contribution is 7.99. The van der Waals surface area contributed by atoms with Crippen molar-refractivity contribution >= 4 is 52.0 Å². The minimum Gasteiger partial charge on any atom is -0.588 e. The zero-order chi connectivity index (χ0) is 19.0. The number of carbonyl (C=O) groups is 1. The van der Waals surface area contributed by atoms with E-state index in [9.17, 15) is 13.7 Å². The van der Waals surface area contributed by atoms with Crippen LogP contribution in [0.4, 0.5) is 15.8 Å². The van der Waals surface area contributed by atoms with Gasteiger partial charge in [-0.1, -0.05) is 35.5 Å². The highest BCUT2D eigenvalue weighted by Crippen LogP contribution is 2.39. The van der Waals surface area contributed by atoms with Gasteiger partial charge in [0.2, 0.25) is 0 Å². The minimum absolute atomic E-state index is 0.0819. The highest BCUT2D eigenvalue weighted by atomic mass is 35.5. The molecule has 1 aliphatic rings. The van der Waals surface area contributed by atoms with E-state index in [1.54, 1.807) is 30.3 Å². The van der Waals surface area contributed by atoms with Crippen LogP contribution in [0.5, 0.6) is 0 Å². The minimum atomic E-state index is -1.71. The lowest BCUT2D eigenvalue weighted by molar-refractivity contribution is 0.102. The van der Waals surface area contributed by atoms with E-state index in [2.05, 4.69) is 10.0 Å². The molecule has 4 rings (SSSR count).